The maximum atomic E-state index is 13.0. The molecule has 6 heteroatoms. The molecule has 1 unspecified atom stereocenters. The molecule has 1 amide bonds. The van der Waals surface area contributed by atoms with Gasteiger partial charge in [-0.15, -0.1) is 0 Å². The number of fused-ring (bicyclic) bond motifs is 1. The number of amides is 1. The monoisotopic (exact) mass is 372 g/mol. The third-order valence-electron chi connectivity index (χ3n) is 4.65. The van der Waals surface area contributed by atoms with Crippen LogP contribution in [0.15, 0.2) is 73.1 Å². The molecule has 0 aliphatic carbocycles. The molecule has 4 rings (SSSR count). The Labute approximate surface area is 162 Å². The van der Waals surface area contributed by atoms with Crippen LogP contribution in [-0.2, 0) is 7.05 Å². The number of imidazole rings is 1. The first-order chi connectivity index (χ1) is 13.7. The van der Waals surface area contributed by atoms with Crippen LogP contribution in [0, 0.1) is 0 Å². The topological polar surface area (TPSA) is 69.0 Å². The zero-order chi connectivity index (χ0) is 19.5. The fourth-order valence-corrected chi connectivity index (χ4v) is 3.17. The van der Waals surface area contributed by atoms with Crippen LogP contribution in [0.4, 0.5) is 0 Å². The molecule has 2 heterocycles. The molecule has 1 atom stereocenters. The number of pyridine rings is 1. The summed E-state index contributed by atoms with van der Waals surface area (Å²) >= 11 is 0. The van der Waals surface area contributed by atoms with Gasteiger partial charge in [0.1, 0.15) is 23.3 Å². The number of nitrogens with one attached hydrogen (secondary N) is 1. The molecule has 2 aromatic heterocycles. The van der Waals surface area contributed by atoms with Crippen molar-refractivity contribution in [2.45, 2.75) is 6.04 Å². The number of ether oxygens (including phenoxy) is 1. The second-order valence-corrected chi connectivity index (χ2v) is 6.47. The summed E-state index contributed by atoms with van der Waals surface area (Å²) in [5.41, 5.74) is 2.02. The normalized spacial score (nSPS) is 11.9. The number of hydrogen-bond donors (Lipinski definition) is 1. The Balaban J connectivity index is 1.70. The van der Waals surface area contributed by atoms with Gasteiger partial charge >= 0.3 is 0 Å². The van der Waals surface area contributed by atoms with Crippen molar-refractivity contribution < 1.29 is 9.53 Å². The maximum absolute atomic E-state index is 13.0. The van der Waals surface area contributed by atoms with Crippen LogP contribution in [0.25, 0.3) is 10.9 Å². The van der Waals surface area contributed by atoms with Gasteiger partial charge in [0.15, 0.2) is 0 Å². The van der Waals surface area contributed by atoms with Gasteiger partial charge < -0.3 is 14.6 Å². The number of para-hydroxylation sites is 1. The molecular formula is C22H20N4O2. The van der Waals surface area contributed by atoms with E-state index in [9.17, 15) is 4.79 Å². The van der Waals surface area contributed by atoms with Gasteiger partial charge in [-0.3, -0.25) is 4.79 Å². The van der Waals surface area contributed by atoms with Gasteiger partial charge in [-0.1, -0.05) is 36.4 Å². The highest BCUT2D eigenvalue weighted by molar-refractivity contribution is 5.95. The fraction of sp³-hybridized carbons (Fsp3) is 0.136. The summed E-state index contributed by atoms with van der Waals surface area (Å²) in [6.07, 6.45) is 3.56. The average molecular weight is 372 g/mol. The number of carbonyl (C=O) groups is 1. The van der Waals surface area contributed by atoms with Gasteiger partial charge in [0.05, 0.1) is 12.6 Å². The number of methoxy groups -OCH3 is 1. The summed E-state index contributed by atoms with van der Waals surface area (Å²) in [6, 6.07) is 18.5. The minimum atomic E-state index is -0.434. The third kappa shape index (κ3) is 3.44. The van der Waals surface area contributed by atoms with E-state index >= 15 is 0 Å². The van der Waals surface area contributed by atoms with Crippen LogP contribution in [-0.4, -0.2) is 27.6 Å². The lowest BCUT2D eigenvalue weighted by molar-refractivity contribution is 0.0936. The van der Waals surface area contributed by atoms with Crippen molar-refractivity contribution in [3.05, 3.63) is 90.1 Å². The minimum Gasteiger partial charge on any atom is -0.497 e. The van der Waals surface area contributed by atoms with E-state index in [0.29, 0.717) is 5.69 Å². The predicted molar refractivity (Wildman–Crippen MR) is 107 cm³/mol. The van der Waals surface area contributed by atoms with Crippen molar-refractivity contribution in [1.29, 1.82) is 0 Å². The Morgan fingerprint density at radius 1 is 1.11 bits per heavy atom. The summed E-state index contributed by atoms with van der Waals surface area (Å²) in [5, 5.41) is 4.06. The van der Waals surface area contributed by atoms with Gasteiger partial charge in [-0.2, -0.15) is 0 Å². The number of rotatable bonds is 5. The lowest BCUT2D eigenvalue weighted by atomic mass is 10.1. The Morgan fingerprint density at radius 2 is 1.96 bits per heavy atom. The van der Waals surface area contributed by atoms with Crippen LogP contribution in [0.2, 0.25) is 0 Å². The molecule has 2 aromatic carbocycles. The highest BCUT2D eigenvalue weighted by Gasteiger charge is 2.22. The first kappa shape index (κ1) is 17.7. The first-order valence-corrected chi connectivity index (χ1v) is 8.93. The van der Waals surface area contributed by atoms with E-state index in [0.717, 1.165) is 28.0 Å². The van der Waals surface area contributed by atoms with Crippen LogP contribution in [0.1, 0.15) is 27.9 Å². The van der Waals surface area contributed by atoms with Gasteiger partial charge in [-0.05, 0) is 29.8 Å². The standard InChI is InChI=1S/C22H20N4O2/c1-26-13-12-23-21(26)20(16-7-5-8-17(14-16)28-2)25-22(27)19-11-10-15-6-3-4-9-18(15)24-19/h3-14,20H,1-2H3,(H,25,27). The maximum Gasteiger partial charge on any atom is 0.270 e. The van der Waals surface area contributed by atoms with Crippen LogP contribution in [0.3, 0.4) is 0 Å². The molecule has 0 radical (unpaired) electrons. The Morgan fingerprint density at radius 3 is 2.75 bits per heavy atom. The molecule has 0 fully saturated rings. The zero-order valence-electron chi connectivity index (χ0n) is 15.7. The van der Waals surface area contributed by atoms with Crippen molar-refractivity contribution in [2.24, 2.45) is 7.05 Å². The average Bonchev–Trinajstić information content (AvgIpc) is 3.17. The van der Waals surface area contributed by atoms with Crippen molar-refractivity contribution in [2.75, 3.05) is 7.11 Å². The third-order valence-corrected chi connectivity index (χ3v) is 4.65. The number of aryl methyl sites for hydroxylation is 1. The number of nitrogens with zero attached hydrogens (tertiary/aromatic N) is 3. The lowest BCUT2D eigenvalue weighted by Gasteiger charge is -2.19. The van der Waals surface area contributed by atoms with E-state index < -0.39 is 6.04 Å². The molecule has 0 aliphatic heterocycles. The molecule has 140 valence electrons. The van der Waals surface area contributed by atoms with Crippen molar-refractivity contribution in [1.82, 2.24) is 19.9 Å². The molecule has 0 bridgehead atoms. The second kappa shape index (κ2) is 7.52. The lowest BCUT2D eigenvalue weighted by Crippen LogP contribution is -2.31. The van der Waals surface area contributed by atoms with Crippen LogP contribution < -0.4 is 10.1 Å². The molecule has 0 saturated heterocycles. The first-order valence-electron chi connectivity index (χ1n) is 8.93. The Kier molecular flexibility index (Phi) is 4.76. The molecule has 0 aliphatic rings. The predicted octanol–water partition coefficient (Wildman–Crippen LogP) is 3.50. The van der Waals surface area contributed by atoms with Gasteiger partial charge in [0.2, 0.25) is 0 Å². The van der Waals surface area contributed by atoms with E-state index in [1.54, 1.807) is 19.4 Å². The molecule has 28 heavy (non-hydrogen) atoms. The molecule has 0 spiro atoms. The molecule has 4 aromatic rings. The highest BCUT2D eigenvalue weighted by atomic mass is 16.5. The van der Waals surface area contributed by atoms with Crippen LogP contribution >= 0.6 is 0 Å². The van der Waals surface area contributed by atoms with E-state index in [2.05, 4.69) is 15.3 Å². The molecule has 0 saturated carbocycles. The number of carbonyl (C=O) groups excluding carboxylic acids is 1. The van der Waals surface area contributed by atoms with E-state index in [4.69, 9.17) is 4.74 Å². The van der Waals surface area contributed by atoms with Crippen LogP contribution in [0.5, 0.6) is 5.75 Å². The largest absolute Gasteiger partial charge is 0.497 e. The highest BCUT2D eigenvalue weighted by Crippen LogP contribution is 2.24. The second-order valence-electron chi connectivity index (χ2n) is 6.47. The Bertz CT molecular complexity index is 1140. The number of hydrogen-bond acceptors (Lipinski definition) is 4. The Hall–Kier alpha value is -3.67. The zero-order valence-corrected chi connectivity index (χ0v) is 15.7. The number of aromatic nitrogens is 3. The smallest absolute Gasteiger partial charge is 0.270 e. The summed E-state index contributed by atoms with van der Waals surface area (Å²) in [5.74, 6) is 1.18. The summed E-state index contributed by atoms with van der Waals surface area (Å²) in [4.78, 5) is 21.9. The van der Waals surface area contributed by atoms with E-state index in [-0.39, 0.29) is 5.91 Å². The quantitative estimate of drug-likeness (QED) is 0.582. The summed E-state index contributed by atoms with van der Waals surface area (Å²) in [7, 11) is 3.52. The number of benzene rings is 2. The summed E-state index contributed by atoms with van der Waals surface area (Å²) in [6.45, 7) is 0. The van der Waals surface area contributed by atoms with E-state index in [1.807, 2.05) is 72.4 Å². The SMILES string of the molecule is COc1cccc(C(NC(=O)c2ccc3ccccc3n2)c2nccn2C)c1. The van der Waals surface area contributed by atoms with Gasteiger partial charge in [0, 0.05) is 24.8 Å². The molecule has 6 nitrogen and oxygen atoms in total. The van der Waals surface area contributed by atoms with Gasteiger partial charge in [-0.25, -0.2) is 9.97 Å². The fourth-order valence-electron chi connectivity index (χ4n) is 3.17. The summed E-state index contributed by atoms with van der Waals surface area (Å²) < 4.78 is 7.23. The van der Waals surface area contributed by atoms with Crippen molar-refractivity contribution in [3.8, 4) is 5.75 Å². The molecule has 1 N–H and O–H groups in total. The minimum absolute atomic E-state index is 0.262. The van der Waals surface area contributed by atoms with E-state index in [1.165, 1.54) is 0 Å². The van der Waals surface area contributed by atoms with Crippen molar-refractivity contribution >= 4 is 16.8 Å². The van der Waals surface area contributed by atoms with Gasteiger partial charge in [0.25, 0.3) is 5.91 Å². The molecular weight excluding hydrogens is 352 g/mol. The van der Waals surface area contributed by atoms with Crippen molar-refractivity contribution in [3.63, 3.8) is 0 Å².